The number of hydrogen-bond acceptors (Lipinski definition) is 5. The highest BCUT2D eigenvalue weighted by atomic mass is 16.6. The lowest BCUT2D eigenvalue weighted by atomic mass is 10.0. The maximum absolute atomic E-state index is 12.9. The fourth-order valence-electron chi connectivity index (χ4n) is 4.50. The van der Waals surface area contributed by atoms with Crippen molar-refractivity contribution in [1.82, 2.24) is 0 Å². The topological polar surface area (TPSA) is 61.8 Å². The number of hydrogen-bond donors (Lipinski definition) is 0. The third-order valence-corrected chi connectivity index (χ3v) is 6.67. The van der Waals surface area contributed by atoms with Crippen LogP contribution in [0.25, 0.3) is 22.3 Å². The van der Waals surface area contributed by atoms with Crippen LogP contribution < -0.4 is 0 Å². The number of carbonyl (C=O) groups excluding carboxylic acids is 2. The Morgan fingerprint density at radius 1 is 0.711 bits per heavy atom. The van der Waals surface area contributed by atoms with Gasteiger partial charge >= 0.3 is 11.9 Å². The summed E-state index contributed by atoms with van der Waals surface area (Å²) in [5.74, 6) is -1.12. The van der Waals surface area contributed by atoms with Gasteiger partial charge in [-0.2, -0.15) is 0 Å². The van der Waals surface area contributed by atoms with E-state index in [1.54, 1.807) is 30.3 Å². The van der Waals surface area contributed by atoms with Gasteiger partial charge in [0.05, 0.1) is 17.7 Å². The minimum Gasteiger partial charge on any atom is -0.459 e. The van der Waals surface area contributed by atoms with E-state index in [1.165, 1.54) is 0 Å². The molecule has 0 N–H and O–H groups in total. The van der Waals surface area contributed by atoms with Gasteiger partial charge in [-0.1, -0.05) is 91.0 Å². The van der Waals surface area contributed by atoms with Crippen LogP contribution in [-0.4, -0.2) is 37.4 Å². The molecule has 1 unspecified atom stereocenters. The van der Waals surface area contributed by atoms with E-state index < -0.39 is 24.1 Å². The molecule has 1 saturated heterocycles. The number of ether oxygens (including phenoxy) is 3. The molecule has 4 aromatic carbocycles. The van der Waals surface area contributed by atoms with Crippen molar-refractivity contribution in [2.24, 2.45) is 5.92 Å². The van der Waals surface area contributed by atoms with E-state index in [0.29, 0.717) is 17.7 Å². The van der Waals surface area contributed by atoms with E-state index in [9.17, 15) is 9.59 Å². The average Bonchev–Trinajstić information content (AvgIpc) is 3.38. The smallest absolute Gasteiger partial charge is 0.338 e. The van der Waals surface area contributed by atoms with Crippen molar-refractivity contribution < 1.29 is 23.8 Å². The van der Waals surface area contributed by atoms with Crippen molar-refractivity contribution in [2.75, 3.05) is 13.2 Å². The Morgan fingerprint density at radius 2 is 1.18 bits per heavy atom. The Kier molecular flexibility index (Phi) is 7.76. The van der Waals surface area contributed by atoms with Crippen LogP contribution in [-0.2, 0) is 14.2 Å². The third-order valence-electron chi connectivity index (χ3n) is 6.67. The molecule has 1 fully saturated rings. The van der Waals surface area contributed by atoms with Gasteiger partial charge in [0, 0.05) is 5.92 Å². The lowest BCUT2D eigenvalue weighted by Gasteiger charge is -2.22. The van der Waals surface area contributed by atoms with Crippen LogP contribution in [0.5, 0.6) is 0 Å². The molecule has 0 saturated carbocycles. The molecular formula is C33H28O5. The first-order valence-corrected chi connectivity index (χ1v) is 12.6. The van der Waals surface area contributed by atoms with Crippen molar-refractivity contribution >= 4 is 11.9 Å². The maximum atomic E-state index is 12.9. The molecule has 0 aliphatic carbocycles. The molecule has 0 bridgehead atoms. The molecule has 5 rings (SSSR count). The summed E-state index contributed by atoms with van der Waals surface area (Å²) in [6, 6.07) is 34.4. The Morgan fingerprint density at radius 3 is 1.68 bits per heavy atom. The van der Waals surface area contributed by atoms with Gasteiger partial charge in [0.1, 0.15) is 18.8 Å². The van der Waals surface area contributed by atoms with Crippen molar-refractivity contribution in [1.29, 1.82) is 0 Å². The predicted octanol–water partition coefficient (Wildman–Crippen LogP) is 6.60. The van der Waals surface area contributed by atoms with Gasteiger partial charge in [-0.15, -0.1) is 6.58 Å². The SMILES string of the molecule is C=C[C@@H]1CO[C@H](COC(=O)c2ccc(-c3ccccc3)cc2)C1OC(=O)c1ccc(-c2ccccc2)cc1. The summed E-state index contributed by atoms with van der Waals surface area (Å²) in [6.45, 7) is 4.15. The first-order chi connectivity index (χ1) is 18.6. The van der Waals surface area contributed by atoms with Crippen LogP contribution in [0.3, 0.4) is 0 Å². The van der Waals surface area contributed by atoms with Crippen LogP contribution in [0, 0.1) is 5.92 Å². The van der Waals surface area contributed by atoms with Crippen LogP contribution in [0.1, 0.15) is 20.7 Å². The highest BCUT2D eigenvalue weighted by Crippen LogP contribution is 2.27. The fourth-order valence-corrected chi connectivity index (χ4v) is 4.50. The molecule has 0 amide bonds. The van der Waals surface area contributed by atoms with Crippen LogP contribution in [0.2, 0.25) is 0 Å². The number of rotatable bonds is 8. The second kappa shape index (κ2) is 11.7. The number of esters is 2. The predicted molar refractivity (Wildman–Crippen MR) is 147 cm³/mol. The summed E-state index contributed by atoms with van der Waals surface area (Å²) in [5, 5.41) is 0. The van der Waals surface area contributed by atoms with Gasteiger partial charge in [-0.05, 0) is 46.5 Å². The monoisotopic (exact) mass is 504 g/mol. The molecule has 5 heteroatoms. The largest absolute Gasteiger partial charge is 0.459 e. The van der Waals surface area contributed by atoms with Gasteiger partial charge in [-0.25, -0.2) is 9.59 Å². The van der Waals surface area contributed by atoms with E-state index in [1.807, 2.05) is 84.9 Å². The van der Waals surface area contributed by atoms with E-state index in [-0.39, 0.29) is 12.5 Å². The zero-order valence-electron chi connectivity index (χ0n) is 20.9. The van der Waals surface area contributed by atoms with Gasteiger partial charge in [0.2, 0.25) is 0 Å². The molecule has 0 radical (unpaired) electrons. The third kappa shape index (κ3) is 5.74. The first kappa shape index (κ1) is 25.2. The zero-order valence-corrected chi connectivity index (χ0v) is 20.9. The maximum Gasteiger partial charge on any atom is 0.338 e. The van der Waals surface area contributed by atoms with E-state index in [4.69, 9.17) is 14.2 Å². The second-order valence-electron chi connectivity index (χ2n) is 9.13. The van der Waals surface area contributed by atoms with E-state index in [0.717, 1.165) is 22.3 Å². The molecule has 38 heavy (non-hydrogen) atoms. The molecule has 3 atom stereocenters. The van der Waals surface area contributed by atoms with Crippen molar-refractivity contribution in [3.8, 4) is 22.3 Å². The molecule has 4 aromatic rings. The summed E-state index contributed by atoms with van der Waals surface area (Å²) in [4.78, 5) is 25.6. The van der Waals surface area contributed by atoms with Gasteiger partial charge in [0.15, 0.2) is 0 Å². The molecule has 5 nitrogen and oxygen atoms in total. The summed E-state index contributed by atoms with van der Waals surface area (Å²) in [5.41, 5.74) is 5.04. The lowest BCUT2D eigenvalue weighted by molar-refractivity contribution is -0.0300. The minimum absolute atomic E-state index is 0.0332. The van der Waals surface area contributed by atoms with Crippen molar-refractivity contribution in [3.63, 3.8) is 0 Å². The average molecular weight is 505 g/mol. The van der Waals surface area contributed by atoms with E-state index >= 15 is 0 Å². The van der Waals surface area contributed by atoms with Gasteiger partial charge < -0.3 is 14.2 Å². The zero-order chi connectivity index (χ0) is 26.3. The normalized spacial score (nSPS) is 18.5. The van der Waals surface area contributed by atoms with E-state index in [2.05, 4.69) is 6.58 Å². The Balaban J connectivity index is 1.20. The van der Waals surface area contributed by atoms with Gasteiger partial charge in [0.25, 0.3) is 0 Å². The first-order valence-electron chi connectivity index (χ1n) is 12.6. The number of benzene rings is 4. The lowest BCUT2D eigenvalue weighted by Crippen LogP contribution is -2.35. The summed E-state index contributed by atoms with van der Waals surface area (Å²) in [6.07, 6.45) is 0.515. The Hall–Kier alpha value is -4.48. The molecule has 190 valence electrons. The molecule has 0 spiro atoms. The Bertz CT molecular complexity index is 1380. The highest BCUT2D eigenvalue weighted by Gasteiger charge is 2.39. The summed E-state index contributed by atoms with van der Waals surface area (Å²) in [7, 11) is 0. The molecule has 1 aliphatic rings. The van der Waals surface area contributed by atoms with Gasteiger partial charge in [-0.3, -0.25) is 0 Å². The molecular weight excluding hydrogens is 476 g/mol. The molecule has 1 aliphatic heterocycles. The van der Waals surface area contributed by atoms with Crippen LogP contribution >= 0.6 is 0 Å². The molecule has 0 aromatic heterocycles. The highest BCUT2D eigenvalue weighted by molar-refractivity contribution is 5.91. The van der Waals surface area contributed by atoms with Crippen LogP contribution in [0.15, 0.2) is 122 Å². The van der Waals surface area contributed by atoms with Crippen molar-refractivity contribution in [2.45, 2.75) is 12.2 Å². The second-order valence-corrected chi connectivity index (χ2v) is 9.13. The quantitative estimate of drug-likeness (QED) is 0.200. The molecule has 1 heterocycles. The van der Waals surface area contributed by atoms with Crippen LogP contribution in [0.4, 0.5) is 0 Å². The summed E-state index contributed by atoms with van der Waals surface area (Å²) < 4.78 is 17.2. The minimum atomic E-state index is -0.609. The number of carbonyl (C=O) groups is 2. The fraction of sp³-hybridized carbons (Fsp3) is 0.152. The standard InChI is InChI=1S/C33H28O5/c1-2-23-21-36-30(22-37-32(34)28-17-13-26(14-18-28)24-9-5-3-6-10-24)31(23)38-33(35)29-19-15-27(16-20-29)25-11-7-4-8-12-25/h2-20,23,30-31H,1,21-22H2/t23-,30-,31?/m1/s1. The Labute approximate surface area is 222 Å². The summed E-state index contributed by atoms with van der Waals surface area (Å²) >= 11 is 0. The van der Waals surface area contributed by atoms with Crippen molar-refractivity contribution in [3.05, 3.63) is 133 Å².